The lowest BCUT2D eigenvalue weighted by Crippen LogP contribution is -2.45. The standard InChI is InChI=1S/C25H27ClN2O3S/c1-17(2)22-11-7-8-18(3)24(22)27-25(29)23(16-19-9-5-4-6-10-19)28-32(30,31)21-14-12-20(26)13-15-21/h4-15,17,23,28H,16H2,1-3H3,(H,27,29)/t23-/m0/s1. The highest BCUT2D eigenvalue weighted by atomic mass is 35.5. The number of para-hydroxylation sites is 1. The Labute approximate surface area is 194 Å². The molecule has 2 N–H and O–H groups in total. The van der Waals surface area contributed by atoms with Crippen LogP contribution in [-0.4, -0.2) is 20.4 Å². The zero-order chi connectivity index (χ0) is 23.3. The Bertz CT molecular complexity index is 1180. The maximum absolute atomic E-state index is 13.3. The third kappa shape index (κ3) is 5.97. The summed E-state index contributed by atoms with van der Waals surface area (Å²) in [6.45, 7) is 6.02. The van der Waals surface area contributed by atoms with E-state index in [0.29, 0.717) is 5.02 Å². The van der Waals surface area contributed by atoms with Crippen molar-refractivity contribution >= 4 is 33.2 Å². The second kappa shape index (κ2) is 10.3. The number of halogens is 1. The first-order chi connectivity index (χ1) is 15.2. The van der Waals surface area contributed by atoms with Crippen molar-refractivity contribution in [3.8, 4) is 0 Å². The van der Waals surface area contributed by atoms with Crippen LogP contribution in [-0.2, 0) is 21.2 Å². The Balaban J connectivity index is 1.93. The Kier molecular flexibility index (Phi) is 7.72. The molecule has 3 aromatic carbocycles. The van der Waals surface area contributed by atoms with Crippen LogP contribution in [0.3, 0.4) is 0 Å². The van der Waals surface area contributed by atoms with E-state index in [1.54, 1.807) is 0 Å². The van der Waals surface area contributed by atoms with Crippen LogP contribution in [0, 0.1) is 6.92 Å². The average molecular weight is 471 g/mol. The van der Waals surface area contributed by atoms with Crippen LogP contribution >= 0.6 is 11.6 Å². The molecule has 0 aliphatic carbocycles. The molecule has 0 fully saturated rings. The normalized spacial score (nSPS) is 12.5. The fraction of sp³-hybridized carbons (Fsp3) is 0.240. The summed E-state index contributed by atoms with van der Waals surface area (Å²) in [7, 11) is -3.94. The van der Waals surface area contributed by atoms with Gasteiger partial charge in [0.2, 0.25) is 15.9 Å². The molecule has 0 heterocycles. The van der Waals surface area contributed by atoms with E-state index in [9.17, 15) is 13.2 Å². The zero-order valence-corrected chi connectivity index (χ0v) is 19.9. The van der Waals surface area contributed by atoms with Crippen molar-refractivity contribution in [2.75, 3.05) is 5.32 Å². The van der Waals surface area contributed by atoms with Gasteiger partial charge < -0.3 is 5.32 Å². The molecule has 32 heavy (non-hydrogen) atoms. The third-order valence-corrected chi connectivity index (χ3v) is 6.94. The van der Waals surface area contributed by atoms with E-state index in [1.807, 2.05) is 55.5 Å². The van der Waals surface area contributed by atoms with Crippen LogP contribution in [0.5, 0.6) is 0 Å². The summed E-state index contributed by atoms with van der Waals surface area (Å²) in [4.78, 5) is 13.4. The predicted octanol–water partition coefficient (Wildman–Crippen LogP) is 5.30. The van der Waals surface area contributed by atoms with Gasteiger partial charge in [-0.05, 0) is 60.2 Å². The molecule has 0 aromatic heterocycles. The number of rotatable bonds is 8. The lowest BCUT2D eigenvalue weighted by molar-refractivity contribution is -0.117. The van der Waals surface area contributed by atoms with Crippen molar-refractivity contribution in [1.82, 2.24) is 4.72 Å². The number of benzene rings is 3. The molecular weight excluding hydrogens is 444 g/mol. The number of carbonyl (C=O) groups excluding carboxylic acids is 1. The summed E-state index contributed by atoms with van der Waals surface area (Å²) in [5, 5.41) is 3.41. The van der Waals surface area contributed by atoms with Gasteiger partial charge in [0.1, 0.15) is 6.04 Å². The van der Waals surface area contributed by atoms with Gasteiger partial charge in [-0.3, -0.25) is 4.79 Å². The molecule has 0 aliphatic rings. The lowest BCUT2D eigenvalue weighted by Gasteiger charge is -2.22. The van der Waals surface area contributed by atoms with Crippen molar-refractivity contribution in [3.05, 3.63) is 94.5 Å². The van der Waals surface area contributed by atoms with Crippen molar-refractivity contribution in [1.29, 1.82) is 0 Å². The van der Waals surface area contributed by atoms with E-state index in [0.717, 1.165) is 22.4 Å². The van der Waals surface area contributed by atoms with Gasteiger partial charge in [0, 0.05) is 10.7 Å². The minimum absolute atomic E-state index is 0.0477. The van der Waals surface area contributed by atoms with Gasteiger partial charge in [-0.15, -0.1) is 0 Å². The molecule has 7 heteroatoms. The molecule has 0 saturated heterocycles. The van der Waals surface area contributed by atoms with Gasteiger partial charge in [-0.1, -0.05) is 74.0 Å². The van der Waals surface area contributed by atoms with Gasteiger partial charge in [-0.25, -0.2) is 8.42 Å². The molecule has 0 unspecified atom stereocenters. The van der Waals surface area contributed by atoms with E-state index in [4.69, 9.17) is 11.6 Å². The summed E-state index contributed by atoms with van der Waals surface area (Å²) < 4.78 is 28.6. The smallest absolute Gasteiger partial charge is 0.242 e. The molecule has 0 saturated carbocycles. The van der Waals surface area contributed by atoms with Gasteiger partial charge in [0.05, 0.1) is 4.90 Å². The number of sulfonamides is 1. The van der Waals surface area contributed by atoms with E-state index in [2.05, 4.69) is 23.9 Å². The predicted molar refractivity (Wildman–Crippen MR) is 130 cm³/mol. The molecule has 3 rings (SSSR count). The van der Waals surface area contributed by atoms with Gasteiger partial charge in [0.25, 0.3) is 0 Å². The van der Waals surface area contributed by atoms with Gasteiger partial charge in [0.15, 0.2) is 0 Å². The van der Waals surface area contributed by atoms with Gasteiger partial charge in [-0.2, -0.15) is 4.72 Å². The minimum Gasteiger partial charge on any atom is -0.324 e. The second-order valence-electron chi connectivity index (χ2n) is 8.00. The lowest BCUT2D eigenvalue weighted by atomic mass is 9.97. The Hall–Kier alpha value is -2.67. The Morgan fingerprint density at radius 3 is 2.22 bits per heavy atom. The highest BCUT2D eigenvalue weighted by Crippen LogP contribution is 2.28. The van der Waals surface area contributed by atoms with Crippen LogP contribution < -0.4 is 10.0 Å². The first kappa shape index (κ1) is 24.0. The highest BCUT2D eigenvalue weighted by molar-refractivity contribution is 7.89. The highest BCUT2D eigenvalue weighted by Gasteiger charge is 2.27. The molecule has 168 valence electrons. The number of nitrogens with one attached hydrogen (secondary N) is 2. The molecule has 3 aromatic rings. The summed E-state index contributed by atoms with van der Waals surface area (Å²) >= 11 is 5.89. The first-order valence-electron chi connectivity index (χ1n) is 10.4. The fourth-order valence-corrected chi connectivity index (χ4v) is 4.78. The summed E-state index contributed by atoms with van der Waals surface area (Å²) in [5.41, 5.74) is 3.48. The number of hydrogen-bond donors (Lipinski definition) is 2. The summed E-state index contributed by atoms with van der Waals surface area (Å²) in [6.07, 6.45) is 0.211. The number of hydrogen-bond acceptors (Lipinski definition) is 3. The minimum atomic E-state index is -3.94. The quantitative estimate of drug-likeness (QED) is 0.469. The van der Waals surface area contributed by atoms with Gasteiger partial charge >= 0.3 is 0 Å². The van der Waals surface area contributed by atoms with E-state index >= 15 is 0 Å². The summed E-state index contributed by atoms with van der Waals surface area (Å²) in [6, 6.07) is 20.0. The van der Waals surface area contributed by atoms with Crippen LogP contribution in [0.2, 0.25) is 5.02 Å². The van der Waals surface area contributed by atoms with Crippen molar-refractivity contribution in [2.24, 2.45) is 0 Å². The van der Waals surface area contributed by atoms with E-state index < -0.39 is 22.0 Å². The molecule has 0 aliphatic heterocycles. The Morgan fingerprint density at radius 1 is 0.938 bits per heavy atom. The van der Waals surface area contributed by atoms with Crippen LogP contribution in [0.4, 0.5) is 5.69 Å². The molecule has 0 radical (unpaired) electrons. The molecule has 1 amide bonds. The molecule has 1 atom stereocenters. The molecular formula is C25H27ClN2O3S. The monoisotopic (exact) mass is 470 g/mol. The molecule has 0 spiro atoms. The van der Waals surface area contributed by atoms with Crippen LogP contribution in [0.1, 0.15) is 36.5 Å². The maximum atomic E-state index is 13.3. The van der Waals surface area contributed by atoms with E-state index in [-0.39, 0.29) is 17.2 Å². The van der Waals surface area contributed by atoms with Crippen LogP contribution in [0.15, 0.2) is 77.7 Å². The summed E-state index contributed by atoms with van der Waals surface area (Å²) in [5.74, 6) is -0.217. The fourth-order valence-electron chi connectivity index (χ4n) is 3.46. The first-order valence-corrected chi connectivity index (χ1v) is 12.3. The number of anilines is 1. The third-order valence-electron chi connectivity index (χ3n) is 5.20. The number of amides is 1. The Morgan fingerprint density at radius 2 is 1.59 bits per heavy atom. The second-order valence-corrected chi connectivity index (χ2v) is 10.2. The zero-order valence-electron chi connectivity index (χ0n) is 18.3. The molecule has 5 nitrogen and oxygen atoms in total. The van der Waals surface area contributed by atoms with Crippen molar-refractivity contribution < 1.29 is 13.2 Å². The SMILES string of the molecule is Cc1cccc(C(C)C)c1NC(=O)[C@H](Cc1ccccc1)NS(=O)(=O)c1ccc(Cl)cc1. The van der Waals surface area contributed by atoms with Crippen molar-refractivity contribution in [2.45, 2.75) is 44.0 Å². The topological polar surface area (TPSA) is 75.3 Å². The number of aryl methyl sites for hydroxylation is 1. The average Bonchev–Trinajstić information content (AvgIpc) is 2.75. The van der Waals surface area contributed by atoms with Crippen LogP contribution in [0.25, 0.3) is 0 Å². The maximum Gasteiger partial charge on any atom is 0.242 e. The molecule has 0 bridgehead atoms. The largest absolute Gasteiger partial charge is 0.324 e. The van der Waals surface area contributed by atoms with Crippen molar-refractivity contribution in [3.63, 3.8) is 0 Å². The van der Waals surface area contributed by atoms with E-state index in [1.165, 1.54) is 24.3 Å². The number of carbonyl (C=O) groups is 1.